The van der Waals surface area contributed by atoms with Crippen molar-refractivity contribution in [2.75, 3.05) is 18.4 Å². The highest BCUT2D eigenvalue weighted by atomic mass is 16.6. The zero-order chi connectivity index (χ0) is 14.5. The summed E-state index contributed by atoms with van der Waals surface area (Å²) in [5.41, 5.74) is 2.23. The van der Waals surface area contributed by atoms with Crippen LogP contribution in [0.5, 0.6) is 0 Å². The Kier molecular flexibility index (Phi) is 4.95. The fourth-order valence-corrected chi connectivity index (χ4v) is 2.70. The highest BCUT2D eigenvalue weighted by Gasteiger charge is 2.22. The Hall–Kier alpha value is -1.62. The first kappa shape index (κ1) is 14.8. The molecule has 1 N–H and O–H groups in total. The molecule has 1 aliphatic rings. The molecule has 0 spiro atoms. The maximum atomic E-state index is 11.0. The van der Waals surface area contributed by atoms with E-state index in [-0.39, 0.29) is 10.6 Å². The van der Waals surface area contributed by atoms with Crippen molar-refractivity contribution in [3.8, 4) is 0 Å². The zero-order valence-electron chi connectivity index (χ0n) is 12.3. The Morgan fingerprint density at radius 2 is 2.30 bits per heavy atom. The molecule has 2 rings (SSSR count). The van der Waals surface area contributed by atoms with Gasteiger partial charge in [0.2, 0.25) is 0 Å². The molecule has 1 aromatic carbocycles. The van der Waals surface area contributed by atoms with E-state index in [9.17, 15) is 10.1 Å². The van der Waals surface area contributed by atoms with Crippen molar-refractivity contribution in [2.24, 2.45) is 0 Å². The van der Waals surface area contributed by atoms with E-state index in [1.807, 2.05) is 6.07 Å². The molecule has 0 aromatic heterocycles. The highest BCUT2D eigenvalue weighted by Crippen LogP contribution is 2.27. The van der Waals surface area contributed by atoms with Crippen molar-refractivity contribution in [1.82, 2.24) is 4.90 Å². The van der Waals surface area contributed by atoms with Crippen LogP contribution in [0.4, 0.5) is 11.4 Å². The van der Waals surface area contributed by atoms with Crippen LogP contribution in [-0.2, 0) is 6.54 Å². The van der Waals surface area contributed by atoms with Crippen LogP contribution in [0.1, 0.15) is 38.7 Å². The Morgan fingerprint density at radius 1 is 1.50 bits per heavy atom. The first-order valence-electron chi connectivity index (χ1n) is 7.37. The molecule has 1 atom stereocenters. The fourth-order valence-electron chi connectivity index (χ4n) is 2.70. The number of nitro groups is 1. The van der Waals surface area contributed by atoms with Gasteiger partial charge in [0.05, 0.1) is 4.92 Å². The number of anilines is 1. The van der Waals surface area contributed by atoms with Crippen LogP contribution < -0.4 is 5.32 Å². The molecular weight excluding hydrogens is 254 g/mol. The quantitative estimate of drug-likeness (QED) is 0.639. The standard InChI is InChI=1S/C15H23N3O2/c1-3-8-16-15-7-6-14(18(19)20)10-13(15)11-17-9-4-5-12(17)2/h6-7,10,12,16H,3-5,8-9,11H2,1-2H3. The second kappa shape index (κ2) is 6.70. The monoisotopic (exact) mass is 277 g/mol. The Balaban J connectivity index is 2.21. The van der Waals surface area contributed by atoms with Gasteiger partial charge in [0, 0.05) is 37.0 Å². The summed E-state index contributed by atoms with van der Waals surface area (Å²) in [4.78, 5) is 13.0. The average Bonchev–Trinajstić information content (AvgIpc) is 2.82. The van der Waals surface area contributed by atoms with Gasteiger partial charge in [-0.3, -0.25) is 15.0 Å². The summed E-state index contributed by atoms with van der Waals surface area (Å²) >= 11 is 0. The zero-order valence-corrected chi connectivity index (χ0v) is 12.3. The normalized spacial score (nSPS) is 19.2. The minimum atomic E-state index is -0.319. The molecule has 0 aliphatic carbocycles. The van der Waals surface area contributed by atoms with Crippen LogP contribution in [0.15, 0.2) is 18.2 Å². The van der Waals surface area contributed by atoms with Gasteiger partial charge in [0.1, 0.15) is 0 Å². The molecule has 1 saturated heterocycles. The number of hydrogen-bond acceptors (Lipinski definition) is 4. The topological polar surface area (TPSA) is 58.4 Å². The van der Waals surface area contributed by atoms with Gasteiger partial charge in [0.25, 0.3) is 5.69 Å². The average molecular weight is 277 g/mol. The molecular formula is C15H23N3O2. The van der Waals surface area contributed by atoms with Crippen molar-refractivity contribution in [1.29, 1.82) is 0 Å². The molecule has 0 bridgehead atoms. The van der Waals surface area contributed by atoms with E-state index < -0.39 is 0 Å². The van der Waals surface area contributed by atoms with E-state index >= 15 is 0 Å². The second-order valence-corrected chi connectivity index (χ2v) is 5.49. The van der Waals surface area contributed by atoms with Gasteiger partial charge in [-0.25, -0.2) is 0 Å². The summed E-state index contributed by atoms with van der Waals surface area (Å²) in [6, 6.07) is 5.69. The van der Waals surface area contributed by atoms with Crippen LogP contribution in [0, 0.1) is 10.1 Å². The van der Waals surface area contributed by atoms with E-state index in [4.69, 9.17) is 0 Å². The summed E-state index contributed by atoms with van der Waals surface area (Å²) in [6.07, 6.45) is 3.47. The van der Waals surface area contributed by atoms with Gasteiger partial charge in [-0.1, -0.05) is 6.92 Å². The molecule has 5 heteroatoms. The van der Waals surface area contributed by atoms with Crippen LogP contribution in [0.3, 0.4) is 0 Å². The Labute approximate surface area is 120 Å². The van der Waals surface area contributed by atoms with Crippen molar-refractivity contribution in [2.45, 2.75) is 45.7 Å². The minimum absolute atomic E-state index is 0.175. The Morgan fingerprint density at radius 3 is 2.90 bits per heavy atom. The lowest BCUT2D eigenvalue weighted by Gasteiger charge is -2.22. The summed E-state index contributed by atoms with van der Waals surface area (Å²) in [5, 5.41) is 14.3. The van der Waals surface area contributed by atoms with E-state index in [1.165, 1.54) is 12.8 Å². The van der Waals surface area contributed by atoms with Crippen LogP contribution in [-0.4, -0.2) is 29.0 Å². The van der Waals surface area contributed by atoms with Crippen LogP contribution in [0.2, 0.25) is 0 Å². The molecule has 1 aliphatic heterocycles. The molecule has 0 amide bonds. The molecule has 1 aromatic rings. The lowest BCUT2D eigenvalue weighted by atomic mass is 10.1. The number of nitro benzene ring substituents is 1. The van der Waals surface area contributed by atoms with E-state index in [1.54, 1.807) is 12.1 Å². The fraction of sp³-hybridized carbons (Fsp3) is 0.600. The van der Waals surface area contributed by atoms with E-state index in [2.05, 4.69) is 24.1 Å². The van der Waals surface area contributed by atoms with Crippen LogP contribution in [0.25, 0.3) is 0 Å². The molecule has 1 heterocycles. The van der Waals surface area contributed by atoms with Crippen LogP contribution >= 0.6 is 0 Å². The summed E-state index contributed by atoms with van der Waals surface area (Å²) < 4.78 is 0. The number of rotatable bonds is 6. The first-order valence-corrected chi connectivity index (χ1v) is 7.37. The minimum Gasteiger partial charge on any atom is -0.385 e. The van der Waals surface area contributed by atoms with Crippen molar-refractivity contribution < 1.29 is 4.92 Å². The summed E-state index contributed by atoms with van der Waals surface area (Å²) in [5.74, 6) is 0. The maximum absolute atomic E-state index is 11.0. The lowest BCUT2D eigenvalue weighted by Crippen LogP contribution is -2.26. The van der Waals surface area contributed by atoms with Gasteiger partial charge in [-0.15, -0.1) is 0 Å². The number of likely N-dealkylation sites (tertiary alicyclic amines) is 1. The molecule has 0 radical (unpaired) electrons. The molecule has 5 nitrogen and oxygen atoms in total. The predicted molar refractivity (Wildman–Crippen MR) is 81.0 cm³/mol. The van der Waals surface area contributed by atoms with E-state index in [0.29, 0.717) is 6.04 Å². The Bertz CT molecular complexity index is 476. The van der Waals surface area contributed by atoms with Gasteiger partial charge < -0.3 is 5.32 Å². The molecule has 0 saturated carbocycles. The SMILES string of the molecule is CCCNc1ccc([N+](=O)[O-])cc1CN1CCCC1C. The molecule has 1 unspecified atom stereocenters. The third-order valence-electron chi connectivity index (χ3n) is 3.93. The number of nitrogens with zero attached hydrogens (tertiary/aromatic N) is 2. The number of nitrogens with one attached hydrogen (secondary N) is 1. The predicted octanol–water partition coefficient (Wildman–Crippen LogP) is 3.40. The van der Waals surface area contributed by atoms with E-state index in [0.717, 1.165) is 37.3 Å². The van der Waals surface area contributed by atoms with Crippen molar-refractivity contribution in [3.63, 3.8) is 0 Å². The first-order chi connectivity index (χ1) is 9.61. The number of hydrogen-bond donors (Lipinski definition) is 1. The molecule has 1 fully saturated rings. The number of non-ortho nitro benzene ring substituents is 1. The summed E-state index contributed by atoms with van der Waals surface area (Å²) in [7, 11) is 0. The van der Waals surface area contributed by atoms with Gasteiger partial charge in [-0.05, 0) is 44.4 Å². The third kappa shape index (κ3) is 3.48. The third-order valence-corrected chi connectivity index (χ3v) is 3.93. The second-order valence-electron chi connectivity index (χ2n) is 5.49. The number of benzene rings is 1. The molecule has 20 heavy (non-hydrogen) atoms. The van der Waals surface area contributed by atoms with Crippen molar-refractivity contribution in [3.05, 3.63) is 33.9 Å². The molecule has 110 valence electrons. The van der Waals surface area contributed by atoms with Gasteiger partial charge in [-0.2, -0.15) is 0 Å². The van der Waals surface area contributed by atoms with Gasteiger partial charge >= 0.3 is 0 Å². The lowest BCUT2D eigenvalue weighted by molar-refractivity contribution is -0.384. The summed E-state index contributed by atoms with van der Waals surface area (Å²) in [6.45, 7) is 7.09. The largest absolute Gasteiger partial charge is 0.385 e. The van der Waals surface area contributed by atoms with Gasteiger partial charge in [0.15, 0.2) is 0 Å². The van der Waals surface area contributed by atoms with Crippen molar-refractivity contribution >= 4 is 11.4 Å². The smallest absolute Gasteiger partial charge is 0.269 e. The maximum Gasteiger partial charge on any atom is 0.269 e. The highest BCUT2D eigenvalue weighted by molar-refractivity contribution is 5.56.